The summed E-state index contributed by atoms with van der Waals surface area (Å²) in [5, 5.41) is 8.88. The summed E-state index contributed by atoms with van der Waals surface area (Å²) in [6, 6.07) is 14.0. The van der Waals surface area contributed by atoms with E-state index in [1.807, 2.05) is 72.9 Å². The number of aryl methyl sites for hydroxylation is 1. The van der Waals surface area contributed by atoms with Crippen LogP contribution in [0.1, 0.15) is 11.1 Å². The van der Waals surface area contributed by atoms with Crippen molar-refractivity contribution < 1.29 is 0 Å². The van der Waals surface area contributed by atoms with E-state index < -0.39 is 0 Å². The van der Waals surface area contributed by atoms with Crippen LogP contribution in [0.5, 0.6) is 0 Å². The summed E-state index contributed by atoms with van der Waals surface area (Å²) < 4.78 is 0. The summed E-state index contributed by atoms with van der Waals surface area (Å²) in [4.78, 5) is 8.33. The number of rotatable bonds is 2. The fraction of sp³-hybridized carbons (Fsp3) is 0.0667. The SMILES string of the molecule is Cc1cc(C#N)cnc1N1[B]N(c2ccccc2)C=C1. The molecule has 0 N–H and O–H groups in total. The third-order valence-corrected chi connectivity index (χ3v) is 3.12. The lowest BCUT2D eigenvalue weighted by atomic mass is 10.0. The van der Waals surface area contributed by atoms with E-state index in [4.69, 9.17) is 5.26 Å². The maximum absolute atomic E-state index is 8.88. The van der Waals surface area contributed by atoms with E-state index in [1.165, 1.54) is 0 Å². The van der Waals surface area contributed by atoms with Crippen molar-refractivity contribution in [3.8, 4) is 6.07 Å². The van der Waals surface area contributed by atoms with E-state index in [1.54, 1.807) is 6.20 Å². The van der Waals surface area contributed by atoms with Crippen molar-refractivity contribution in [1.82, 2.24) is 4.98 Å². The first-order valence-electron chi connectivity index (χ1n) is 6.30. The minimum absolute atomic E-state index is 0.578. The molecule has 95 valence electrons. The molecule has 0 atom stereocenters. The lowest BCUT2D eigenvalue weighted by Gasteiger charge is -2.19. The van der Waals surface area contributed by atoms with Crippen molar-refractivity contribution in [2.45, 2.75) is 6.92 Å². The molecule has 3 rings (SSSR count). The molecule has 20 heavy (non-hydrogen) atoms. The predicted molar refractivity (Wildman–Crippen MR) is 80.0 cm³/mol. The first-order valence-corrected chi connectivity index (χ1v) is 6.30. The molecule has 4 nitrogen and oxygen atoms in total. The number of benzene rings is 1. The van der Waals surface area contributed by atoms with Crippen molar-refractivity contribution in [3.63, 3.8) is 0 Å². The van der Waals surface area contributed by atoms with E-state index in [-0.39, 0.29) is 0 Å². The Balaban J connectivity index is 1.82. The Bertz CT molecular complexity index is 691. The number of pyridine rings is 1. The van der Waals surface area contributed by atoms with Crippen molar-refractivity contribution in [3.05, 3.63) is 66.1 Å². The number of anilines is 2. The minimum atomic E-state index is 0.578. The monoisotopic (exact) mass is 259 g/mol. The van der Waals surface area contributed by atoms with Crippen LogP contribution in [0.2, 0.25) is 0 Å². The Labute approximate surface area is 118 Å². The first kappa shape index (κ1) is 12.3. The maximum atomic E-state index is 8.88. The molecule has 5 heteroatoms. The van der Waals surface area contributed by atoms with Gasteiger partial charge in [0.2, 0.25) is 0 Å². The average Bonchev–Trinajstić information content (AvgIpc) is 2.97. The standard InChI is InChI=1S/C15H12BN4/c1-12-9-13(10-17)11-18-15(12)20-8-7-19(16-20)14-5-3-2-4-6-14/h2-9,11H,1H3. The van der Waals surface area contributed by atoms with E-state index in [2.05, 4.69) is 11.1 Å². The van der Waals surface area contributed by atoms with E-state index >= 15 is 0 Å². The van der Waals surface area contributed by atoms with Crippen LogP contribution in [-0.2, 0) is 0 Å². The van der Waals surface area contributed by atoms with Crippen LogP contribution >= 0.6 is 0 Å². The van der Waals surface area contributed by atoms with Gasteiger partial charge in [-0.1, -0.05) is 18.2 Å². The molecule has 0 saturated carbocycles. The van der Waals surface area contributed by atoms with Crippen molar-refractivity contribution in [2.75, 3.05) is 9.62 Å². The molecule has 0 aliphatic carbocycles. The second-order valence-electron chi connectivity index (χ2n) is 4.54. The molecule has 0 fully saturated rings. The lowest BCUT2D eigenvalue weighted by molar-refractivity contribution is 1.19. The quantitative estimate of drug-likeness (QED) is 0.777. The predicted octanol–water partition coefficient (Wildman–Crippen LogP) is 2.59. The third-order valence-electron chi connectivity index (χ3n) is 3.12. The fourth-order valence-corrected chi connectivity index (χ4v) is 2.13. The van der Waals surface area contributed by atoms with Crippen LogP contribution in [0.4, 0.5) is 11.5 Å². The Hall–Kier alpha value is -2.74. The summed E-state index contributed by atoms with van der Waals surface area (Å²) in [7, 11) is 1.97. The average molecular weight is 259 g/mol. The number of nitriles is 1. The smallest absolute Gasteiger partial charge is 0.374 e. The normalized spacial score (nSPS) is 13.2. The highest BCUT2D eigenvalue weighted by Gasteiger charge is 2.20. The number of para-hydroxylation sites is 1. The Morgan fingerprint density at radius 1 is 1.15 bits per heavy atom. The van der Waals surface area contributed by atoms with Gasteiger partial charge in [-0.15, -0.1) is 0 Å². The Morgan fingerprint density at radius 2 is 1.90 bits per heavy atom. The molecule has 1 aromatic carbocycles. The molecule has 0 bridgehead atoms. The molecule has 0 amide bonds. The van der Waals surface area contributed by atoms with Crippen LogP contribution < -0.4 is 9.62 Å². The number of nitrogens with zero attached hydrogens (tertiary/aromatic N) is 4. The fourth-order valence-electron chi connectivity index (χ4n) is 2.13. The molecule has 1 aliphatic rings. The van der Waals surface area contributed by atoms with Gasteiger partial charge in [0.15, 0.2) is 0 Å². The highest BCUT2D eigenvalue weighted by atomic mass is 15.3. The molecule has 1 radical (unpaired) electrons. The van der Waals surface area contributed by atoms with Crippen LogP contribution in [0.15, 0.2) is 55.0 Å². The van der Waals surface area contributed by atoms with Gasteiger partial charge in [-0.05, 0) is 30.7 Å². The van der Waals surface area contributed by atoms with Gasteiger partial charge in [-0.3, -0.25) is 0 Å². The topological polar surface area (TPSA) is 43.2 Å². The lowest BCUT2D eigenvalue weighted by Crippen LogP contribution is -2.30. The van der Waals surface area contributed by atoms with Crippen molar-refractivity contribution in [2.24, 2.45) is 0 Å². The van der Waals surface area contributed by atoms with Crippen LogP contribution in [0, 0.1) is 18.3 Å². The van der Waals surface area contributed by atoms with Gasteiger partial charge in [0.25, 0.3) is 0 Å². The van der Waals surface area contributed by atoms with E-state index in [9.17, 15) is 0 Å². The molecule has 0 spiro atoms. The summed E-state index contributed by atoms with van der Waals surface area (Å²) >= 11 is 0. The molecule has 2 heterocycles. The summed E-state index contributed by atoms with van der Waals surface area (Å²) in [5.41, 5.74) is 2.65. The molecule has 2 aromatic rings. The van der Waals surface area contributed by atoms with Gasteiger partial charge < -0.3 is 9.62 Å². The zero-order valence-corrected chi connectivity index (χ0v) is 11.1. The largest absolute Gasteiger partial charge is 0.401 e. The number of hydrogen-bond acceptors (Lipinski definition) is 4. The maximum Gasteiger partial charge on any atom is 0.401 e. The van der Waals surface area contributed by atoms with E-state index in [0.717, 1.165) is 17.1 Å². The van der Waals surface area contributed by atoms with E-state index in [0.29, 0.717) is 5.56 Å². The van der Waals surface area contributed by atoms with Gasteiger partial charge in [0.05, 0.1) is 5.56 Å². The highest BCUT2D eigenvalue weighted by molar-refractivity contribution is 6.49. The number of aromatic nitrogens is 1. The number of hydrogen-bond donors (Lipinski definition) is 0. The Kier molecular flexibility index (Phi) is 3.14. The van der Waals surface area contributed by atoms with Crippen molar-refractivity contribution in [1.29, 1.82) is 5.26 Å². The van der Waals surface area contributed by atoms with Gasteiger partial charge in [-0.2, -0.15) is 5.26 Å². The second kappa shape index (κ2) is 5.10. The van der Waals surface area contributed by atoms with Gasteiger partial charge in [0, 0.05) is 24.3 Å². The van der Waals surface area contributed by atoms with Gasteiger partial charge in [-0.25, -0.2) is 4.98 Å². The zero-order valence-electron chi connectivity index (χ0n) is 11.1. The molecule has 0 unspecified atom stereocenters. The molecule has 1 aromatic heterocycles. The highest BCUT2D eigenvalue weighted by Crippen LogP contribution is 2.23. The van der Waals surface area contributed by atoms with Crippen LogP contribution in [-0.4, -0.2) is 12.5 Å². The first-order chi connectivity index (χ1) is 9.78. The van der Waals surface area contributed by atoms with Crippen LogP contribution in [0.3, 0.4) is 0 Å². The van der Waals surface area contributed by atoms with Gasteiger partial charge >= 0.3 is 7.55 Å². The van der Waals surface area contributed by atoms with Crippen LogP contribution in [0.25, 0.3) is 0 Å². The molecular weight excluding hydrogens is 247 g/mol. The van der Waals surface area contributed by atoms with Gasteiger partial charge in [0.1, 0.15) is 11.9 Å². The Morgan fingerprint density at radius 3 is 2.60 bits per heavy atom. The summed E-state index contributed by atoms with van der Waals surface area (Å²) in [6.45, 7) is 1.95. The van der Waals surface area contributed by atoms with Crippen molar-refractivity contribution >= 4 is 19.1 Å². The molecule has 0 saturated heterocycles. The summed E-state index contributed by atoms with van der Waals surface area (Å²) in [6.07, 6.45) is 5.53. The zero-order chi connectivity index (χ0) is 13.9. The second-order valence-corrected chi connectivity index (χ2v) is 4.54. The molecular formula is C15H12BN4. The molecule has 1 aliphatic heterocycles. The summed E-state index contributed by atoms with van der Waals surface area (Å²) in [5.74, 6) is 0.832. The minimum Gasteiger partial charge on any atom is -0.374 e. The third kappa shape index (κ3) is 2.24.